The summed E-state index contributed by atoms with van der Waals surface area (Å²) in [7, 11) is 0. The van der Waals surface area contributed by atoms with E-state index >= 15 is 0 Å². The highest BCUT2D eigenvalue weighted by Crippen LogP contribution is 2.22. The van der Waals surface area contributed by atoms with Gasteiger partial charge in [-0.05, 0) is 43.9 Å². The SMILES string of the molecule is C[C@H](NC(=O)CCc1ccc(Cl)cc1Cl)[C@@H]1CCCO1. The molecule has 5 heteroatoms. The predicted octanol–water partition coefficient (Wildman–Crippen LogP) is 3.61. The van der Waals surface area contributed by atoms with Crippen LogP contribution in [0.2, 0.25) is 10.0 Å². The second-order valence-corrected chi connectivity index (χ2v) is 5.99. The molecule has 0 saturated carbocycles. The number of rotatable bonds is 5. The third-order valence-electron chi connectivity index (χ3n) is 3.55. The van der Waals surface area contributed by atoms with E-state index in [4.69, 9.17) is 27.9 Å². The second kappa shape index (κ2) is 7.30. The van der Waals surface area contributed by atoms with E-state index in [1.165, 1.54) is 0 Å². The van der Waals surface area contributed by atoms with E-state index in [2.05, 4.69) is 5.32 Å². The summed E-state index contributed by atoms with van der Waals surface area (Å²) >= 11 is 11.9. The molecule has 1 aromatic carbocycles. The Morgan fingerprint density at radius 1 is 1.50 bits per heavy atom. The Hall–Kier alpha value is -0.770. The fraction of sp³-hybridized carbons (Fsp3) is 0.533. The fourth-order valence-electron chi connectivity index (χ4n) is 2.39. The molecule has 0 radical (unpaired) electrons. The first kappa shape index (κ1) is 15.6. The van der Waals surface area contributed by atoms with Gasteiger partial charge in [0.2, 0.25) is 5.91 Å². The lowest BCUT2D eigenvalue weighted by molar-refractivity contribution is -0.122. The summed E-state index contributed by atoms with van der Waals surface area (Å²) in [5.41, 5.74) is 0.941. The van der Waals surface area contributed by atoms with Gasteiger partial charge in [0.15, 0.2) is 0 Å². The smallest absolute Gasteiger partial charge is 0.220 e. The zero-order valence-electron chi connectivity index (χ0n) is 11.5. The zero-order chi connectivity index (χ0) is 14.5. The molecule has 0 unspecified atom stereocenters. The summed E-state index contributed by atoms with van der Waals surface area (Å²) in [4.78, 5) is 11.9. The van der Waals surface area contributed by atoms with E-state index in [1.807, 2.05) is 13.0 Å². The number of amides is 1. The average molecular weight is 316 g/mol. The summed E-state index contributed by atoms with van der Waals surface area (Å²) in [6.45, 7) is 2.79. The van der Waals surface area contributed by atoms with E-state index < -0.39 is 0 Å². The van der Waals surface area contributed by atoms with Crippen molar-refractivity contribution in [3.63, 3.8) is 0 Å². The van der Waals surface area contributed by atoms with Crippen LogP contribution in [0.3, 0.4) is 0 Å². The van der Waals surface area contributed by atoms with Crippen molar-refractivity contribution in [3.8, 4) is 0 Å². The summed E-state index contributed by atoms with van der Waals surface area (Å²) in [5.74, 6) is 0.0269. The summed E-state index contributed by atoms with van der Waals surface area (Å²) in [6, 6.07) is 5.41. The van der Waals surface area contributed by atoms with Gasteiger partial charge in [0.25, 0.3) is 0 Å². The van der Waals surface area contributed by atoms with Gasteiger partial charge in [-0.3, -0.25) is 4.79 Å². The Morgan fingerprint density at radius 2 is 2.30 bits per heavy atom. The molecule has 1 aliphatic rings. The van der Waals surface area contributed by atoms with E-state index in [9.17, 15) is 4.79 Å². The lowest BCUT2D eigenvalue weighted by atomic mass is 10.1. The lowest BCUT2D eigenvalue weighted by Gasteiger charge is -2.20. The van der Waals surface area contributed by atoms with Crippen LogP contribution in [0.4, 0.5) is 0 Å². The maximum absolute atomic E-state index is 11.9. The van der Waals surface area contributed by atoms with Crippen LogP contribution in [0.15, 0.2) is 18.2 Å². The van der Waals surface area contributed by atoms with Crippen LogP contribution in [-0.4, -0.2) is 24.7 Å². The fourth-order valence-corrected chi connectivity index (χ4v) is 2.89. The number of halogens is 2. The lowest BCUT2D eigenvalue weighted by Crippen LogP contribution is -2.40. The number of hydrogen-bond donors (Lipinski definition) is 1. The molecular weight excluding hydrogens is 297 g/mol. The van der Waals surface area contributed by atoms with Crippen molar-refractivity contribution < 1.29 is 9.53 Å². The van der Waals surface area contributed by atoms with E-state index in [0.29, 0.717) is 22.9 Å². The van der Waals surface area contributed by atoms with Crippen molar-refractivity contribution in [1.82, 2.24) is 5.32 Å². The topological polar surface area (TPSA) is 38.3 Å². The molecular formula is C15H19Cl2NO2. The van der Waals surface area contributed by atoms with Crippen LogP contribution in [-0.2, 0) is 16.0 Å². The number of benzene rings is 1. The van der Waals surface area contributed by atoms with Crippen LogP contribution in [0, 0.1) is 0 Å². The van der Waals surface area contributed by atoms with Gasteiger partial charge in [0, 0.05) is 23.1 Å². The van der Waals surface area contributed by atoms with Crippen molar-refractivity contribution in [2.45, 2.75) is 44.8 Å². The number of aryl methyl sites for hydroxylation is 1. The van der Waals surface area contributed by atoms with Crippen LogP contribution in [0.1, 0.15) is 31.7 Å². The van der Waals surface area contributed by atoms with Gasteiger partial charge in [0.1, 0.15) is 0 Å². The minimum atomic E-state index is 0.0269. The number of nitrogens with one attached hydrogen (secondary N) is 1. The normalized spacial score (nSPS) is 19.9. The molecule has 2 rings (SSSR count). The van der Waals surface area contributed by atoms with Crippen LogP contribution in [0.5, 0.6) is 0 Å². The molecule has 1 heterocycles. The maximum atomic E-state index is 11.9. The van der Waals surface area contributed by atoms with Crippen LogP contribution in [0.25, 0.3) is 0 Å². The van der Waals surface area contributed by atoms with Crippen molar-refractivity contribution in [3.05, 3.63) is 33.8 Å². The van der Waals surface area contributed by atoms with Crippen molar-refractivity contribution in [2.75, 3.05) is 6.61 Å². The van der Waals surface area contributed by atoms with Crippen LogP contribution < -0.4 is 5.32 Å². The van der Waals surface area contributed by atoms with E-state index in [0.717, 1.165) is 25.0 Å². The second-order valence-electron chi connectivity index (χ2n) is 5.14. The summed E-state index contributed by atoms with van der Waals surface area (Å²) in [6.07, 6.45) is 3.27. The Bertz CT molecular complexity index is 473. The summed E-state index contributed by atoms with van der Waals surface area (Å²) < 4.78 is 5.56. The number of carbonyl (C=O) groups excluding carboxylic acids is 1. The van der Waals surface area contributed by atoms with Gasteiger partial charge in [-0.2, -0.15) is 0 Å². The molecule has 20 heavy (non-hydrogen) atoms. The molecule has 0 aromatic heterocycles. The maximum Gasteiger partial charge on any atom is 0.220 e. The van der Waals surface area contributed by atoms with Gasteiger partial charge in [0.05, 0.1) is 12.1 Å². The Labute approximate surface area is 129 Å². The van der Waals surface area contributed by atoms with E-state index in [1.54, 1.807) is 12.1 Å². The highest BCUT2D eigenvalue weighted by Gasteiger charge is 2.23. The first-order chi connectivity index (χ1) is 9.56. The van der Waals surface area contributed by atoms with E-state index in [-0.39, 0.29) is 18.1 Å². The minimum absolute atomic E-state index is 0.0269. The van der Waals surface area contributed by atoms with Crippen molar-refractivity contribution >= 4 is 29.1 Å². The number of carbonyl (C=O) groups is 1. The summed E-state index contributed by atoms with van der Waals surface area (Å²) in [5, 5.41) is 4.21. The molecule has 0 bridgehead atoms. The molecule has 1 saturated heterocycles. The molecule has 1 N–H and O–H groups in total. The molecule has 2 atom stereocenters. The number of ether oxygens (including phenoxy) is 1. The van der Waals surface area contributed by atoms with Gasteiger partial charge in [-0.15, -0.1) is 0 Å². The highest BCUT2D eigenvalue weighted by molar-refractivity contribution is 6.35. The molecule has 0 spiro atoms. The monoisotopic (exact) mass is 315 g/mol. The third-order valence-corrected chi connectivity index (χ3v) is 4.13. The van der Waals surface area contributed by atoms with Gasteiger partial charge in [-0.1, -0.05) is 29.3 Å². The number of hydrogen-bond acceptors (Lipinski definition) is 2. The van der Waals surface area contributed by atoms with Crippen molar-refractivity contribution in [1.29, 1.82) is 0 Å². The Morgan fingerprint density at radius 3 is 2.95 bits per heavy atom. The first-order valence-electron chi connectivity index (χ1n) is 6.91. The quantitative estimate of drug-likeness (QED) is 0.901. The molecule has 3 nitrogen and oxygen atoms in total. The predicted molar refractivity (Wildman–Crippen MR) is 81.4 cm³/mol. The van der Waals surface area contributed by atoms with Gasteiger partial charge >= 0.3 is 0 Å². The highest BCUT2D eigenvalue weighted by atomic mass is 35.5. The first-order valence-corrected chi connectivity index (χ1v) is 7.67. The van der Waals surface area contributed by atoms with Gasteiger partial charge in [-0.25, -0.2) is 0 Å². The Kier molecular flexibility index (Phi) is 5.70. The standard InChI is InChI=1S/C15H19Cl2NO2/c1-10(14-3-2-8-20-14)18-15(19)7-5-11-4-6-12(16)9-13(11)17/h4,6,9-10,14H,2-3,5,7-8H2,1H3,(H,18,19)/t10-,14-/m0/s1. The Balaban J connectivity index is 1.79. The largest absolute Gasteiger partial charge is 0.376 e. The molecule has 110 valence electrons. The van der Waals surface area contributed by atoms with Crippen molar-refractivity contribution in [2.24, 2.45) is 0 Å². The third kappa shape index (κ3) is 4.37. The zero-order valence-corrected chi connectivity index (χ0v) is 13.0. The van der Waals surface area contributed by atoms with Crippen LogP contribution >= 0.6 is 23.2 Å². The minimum Gasteiger partial charge on any atom is -0.376 e. The molecule has 0 aliphatic carbocycles. The molecule has 1 aromatic rings. The molecule has 1 amide bonds. The van der Waals surface area contributed by atoms with Gasteiger partial charge < -0.3 is 10.1 Å². The molecule has 1 fully saturated rings. The molecule has 1 aliphatic heterocycles. The average Bonchev–Trinajstić information content (AvgIpc) is 2.91.